The molecule has 1 aromatic carbocycles. The molecule has 25 heavy (non-hydrogen) atoms. The first kappa shape index (κ1) is 15.6. The van der Waals surface area contributed by atoms with Gasteiger partial charge in [0.25, 0.3) is 0 Å². The first-order valence-corrected chi connectivity index (χ1v) is 8.56. The second-order valence-corrected chi connectivity index (χ2v) is 6.45. The van der Waals surface area contributed by atoms with Crippen molar-refractivity contribution in [2.75, 3.05) is 10.2 Å². The summed E-state index contributed by atoms with van der Waals surface area (Å²) in [6, 6.07) is 15.0. The molecule has 1 atom stereocenters. The molecule has 1 aliphatic heterocycles. The van der Waals surface area contributed by atoms with Gasteiger partial charge >= 0.3 is 0 Å². The molecule has 0 amide bonds. The van der Waals surface area contributed by atoms with Crippen molar-refractivity contribution in [1.82, 2.24) is 15.0 Å². The summed E-state index contributed by atoms with van der Waals surface area (Å²) in [6.07, 6.45) is 4.63. The number of nitrogens with one attached hydrogen (secondary N) is 1. The lowest BCUT2D eigenvalue weighted by Crippen LogP contribution is -2.25. The van der Waals surface area contributed by atoms with Gasteiger partial charge in [0.2, 0.25) is 5.95 Å². The molecule has 1 aliphatic rings. The topological polar surface area (TPSA) is 53.9 Å². The minimum Gasteiger partial charge on any atom is -0.350 e. The maximum atomic E-state index is 4.77. The number of fused-ring (bicyclic) bond motifs is 1. The molecule has 0 saturated heterocycles. The highest BCUT2D eigenvalue weighted by atomic mass is 15.3. The third-order valence-corrected chi connectivity index (χ3v) is 4.49. The number of anilines is 3. The van der Waals surface area contributed by atoms with Crippen molar-refractivity contribution >= 4 is 17.5 Å². The Morgan fingerprint density at radius 3 is 2.76 bits per heavy atom. The van der Waals surface area contributed by atoms with Gasteiger partial charge in [0.05, 0.1) is 0 Å². The number of aryl methyl sites for hydroxylation is 1. The quantitative estimate of drug-likeness (QED) is 0.786. The van der Waals surface area contributed by atoms with Crippen molar-refractivity contribution in [2.24, 2.45) is 0 Å². The Kier molecular flexibility index (Phi) is 4.06. The van der Waals surface area contributed by atoms with Crippen LogP contribution in [0, 0.1) is 6.92 Å². The standard InChI is InChI=1S/C20H21N5/c1-14-11-19(25-15(2)12-17-5-3-4-6-18(17)25)24-20(23-14)22-13-16-7-9-21-10-8-16/h3-11,15H,12-13H2,1-2H3,(H,22,23,24). The second-order valence-electron chi connectivity index (χ2n) is 6.45. The summed E-state index contributed by atoms with van der Waals surface area (Å²) in [5.41, 5.74) is 4.73. The lowest BCUT2D eigenvalue weighted by Gasteiger charge is -2.24. The van der Waals surface area contributed by atoms with Crippen molar-refractivity contribution in [2.45, 2.75) is 32.9 Å². The van der Waals surface area contributed by atoms with Crippen molar-refractivity contribution < 1.29 is 0 Å². The van der Waals surface area contributed by atoms with Gasteiger partial charge in [-0.05, 0) is 49.6 Å². The minimum absolute atomic E-state index is 0.389. The Bertz CT molecular complexity index is 878. The van der Waals surface area contributed by atoms with Crippen LogP contribution in [0.5, 0.6) is 0 Å². The van der Waals surface area contributed by atoms with Crippen LogP contribution in [0.3, 0.4) is 0 Å². The molecule has 2 aromatic heterocycles. The van der Waals surface area contributed by atoms with Crippen LogP contribution >= 0.6 is 0 Å². The van der Waals surface area contributed by atoms with Gasteiger partial charge in [0.15, 0.2) is 0 Å². The molecule has 3 aromatic rings. The average molecular weight is 331 g/mol. The lowest BCUT2D eigenvalue weighted by molar-refractivity contribution is 0.748. The first-order chi connectivity index (χ1) is 12.2. The van der Waals surface area contributed by atoms with Gasteiger partial charge in [-0.3, -0.25) is 4.98 Å². The normalized spacial score (nSPS) is 15.9. The largest absolute Gasteiger partial charge is 0.350 e. The number of aromatic nitrogens is 3. The molecule has 0 saturated carbocycles. The highest BCUT2D eigenvalue weighted by Gasteiger charge is 2.28. The summed E-state index contributed by atoms with van der Waals surface area (Å²) in [4.78, 5) is 15.7. The van der Waals surface area contributed by atoms with Crippen LogP contribution < -0.4 is 10.2 Å². The molecule has 0 fully saturated rings. The fraction of sp³-hybridized carbons (Fsp3) is 0.250. The summed E-state index contributed by atoms with van der Waals surface area (Å²) in [7, 11) is 0. The molecule has 3 heterocycles. The van der Waals surface area contributed by atoms with E-state index in [1.165, 1.54) is 11.3 Å². The van der Waals surface area contributed by atoms with Gasteiger partial charge in [-0.15, -0.1) is 0 Å². The Labute approximate surface area is 147 Å². The van der Waals surface area contributed by atoms with Crippen molar-refractivity contribution in [3.63, 3.8) is 0 Å². The molecule has 5 nitrogen and oxygen atoms in total. The molecule has 0 aliphatic carbocycles. The van der Waals surface area contributed by atoms with Crippen LogP contribution in [0.2, 0.25) is 0 Å². The fourth-order valence-electron chi connectivity index (χ4n) is 3.35. The lowest BCUT2D eigenvalue weighted by atomic mass is 10.1. The van der Waals surface area contributed by atoms with Crippen molar-refractivity contribution in [3.8, 4) is 0 Å². The van der Waals surface area contributed by atoms with E-state index in [1.807, 2.05) is 19.1 Å². The van der Waals surface area contributed by atoms with Crippen LogP contribution in [0.4, 0.5) is 17.5 Å². The maximum Gasteiger partial charge on any atom is 0.225 e. The Hall–Kier alpha value is -2.95. The third kappa shape index (κ3) is 3.18. The fourth-order valence-corrected chi connectivity index (χ4v) is 3.35. The second kappa shape index (κ2) is 6.51. The van der Waals surface area contributed by atoms with Gasteiger partial charge in [-0.2, -0.15) is 4.98 Å². The molecule has 0 spiro atoms. The Morgan fingerprint density at radius 2 is 1.92 bits per heavy atom. The number of hydrogen-bond donors (Lipinski definition) is 1. The molecule has 5 heteroatoms. The van der Waals surface area contributed by atoms with E-state index >= 15 is 0 Å². The van der Waals surface area contributed by atoms with E-state index in [0.717, 1.165) is 23.5 Å². The minimum atomic E-state index is 0.389. The van der Waals surface area contributed by atoms with Crippen molar-refractivity contribution in [3.05, 3.63) is 71.7 Å². The maximum absolute atomic E-state index is 4.77. The van der Waals surface area contributed by atoms with Crippen LogP contribution in [0.15, 0.2) is 54.9 Å². The van der Waals surface area contributed by atoms with Crippen molar-refractivity contribution in [1.29, 1.82) is 0 Å². The molecule has 1 unspecified atom stereocenters. The van der Waals surface area contributed by atoms with E-state index in [0.29, 0.717) is 18.5 Å². The predicted molar refractivity (Wildman–Crippen MR) is 100 cm³/mol. The number of para-hydroxylation sites is 1. The monoisotopic (exact) mass is 331 g/mol. The number of benzene rings is 1. The summed E-state index contributed by atoms with van der Waals surface area (Å²) in [5, 5.41) is 3.33. The van der Waals surface area contributed by atoms with Gasteiger partial charge in [-0.1, -0.05) is 18.2 Å². The van der Waals surface area contributed by atoms with Crippen LogP contribution in [0.25, 0.3) is 0 Å². The smallest absolute Gasteiger partial charge is 0.225 e. The SMILES string of the molecule is Cc1cc(N2c3ccccc3CC2C)nc(NCc2ccncc2)n1. The molecular weight excluding hydrogens is 310 g/mol. The molecule has 1 N–H and O–H groups in total. The van der Waals surface area contributed by atoms with E-state index in [4.69, 9.17) is 4.98 Å². The number of pyridine rings is 1. The van der Waals surface area contributed by atoms with Gasteiger partial charge < -0.3 is 10.2 Å². The Morgan fingerprint density at radius 1 is 1.12 bits per heavy atom. The number of hydrogen-bond acceptors (Lipinski definition) is 5. The zero-order valence-corrected chi connectivity index (χ0v) is 14.5. The average Bonchev–Trinajstić information content (AvgIpc) is 2.96. The predicted octanol–water partition coefficient (Wildman–Crippen LogP) is 3.87. The van der Waals surface area contributed by atoms with Crippen LogP contribution in [-0.2, 0) is 13.0 Å². The molecular formula is C20H21N5. The van der Waals surface area contributed by atoms with E-state index < -0.39 is 0 Å². The number of rotatable bonds is 4. The van der Waals surface area contributed by atoms with E-state index in [2.05, 4.69) is 57.4 Å². The summed E-state index contributed by atoms with van der Waals surface area (Å²) in [5.74, 6) is 1.60. The number of nitrogens with zero attached hydrogens (tertiary/aromatic N) is 4. The van der Waals surface area contributed by atoms with Gasteiger partial charge in [0.1, 0.15) is 5.82 Å². The molecule has 0 radical (unpaired) electrons. The molecule has 0 bridgehead atoms. The highest BCUT2D eigenvalue weighted by molar-refractivity contribution is 5.69. The first-order valence-electron chi connectivity index (χ1n) is 8.56. The zero-order chi connectivity index (χ0) is 17.2. The summed E-state index contributed by atoms with van der Waals surface area (Å²) >= 11 is 0. The molecule has 4 rings (SSSR count). The van der Waals surface area contributed by atoms with E-state index in [9.17, 15) is 0 Å². The van der Waals surface area contributed by atoms with E-state index in [1.54, 1.807) is 12.4 Å². The van der Waals surface area contributed by atoms with Crippen LogP contribution in [-0.4, -0.2) is 21.0 Å². The van der Waals surface area contributed by atoms with E-state index in [-0.39, 0.29) is 0 Å². The summed E-state index contributed by atoms with van der Waals surface area (Å²) in [6.45, 7) is 4.93. The van der Waals surface area contributed by atoms with Crippen LogP contribution in [0.1, 0.15) is 23.7 Å². The molecule has 126 valence electrons. The third-order valence-electron chi connectivity index (χ3n) is 4.49. The van der Waals surface area contributed by atoms with Gasteiger partial charge in [-0.25, -0.2) is 4.98 Å². The van der Waals surface area contributed by atoms with Gasteiger partial charge in [0, 0.05) is 42.4 Å². The summed E-state index contributed by atoms with van der Waals surface area (Å²) < 4.78 is 0. The zero-order valence-electron chi connectivity index (χ0n) is 14.5. The Balaban J connectivity index is 1.62. The highest BCUT2D eigenvalue weighted by Crippen LogP contribution is 2.37.